The highest BCUT2D eigenvalue weighted by Crippen LogP contribution is 2.24. The van der Waals surface area contributed by atoms with E-state index in [2.05, 4.69) is 29.0 Å². The third-order valence-electron chi connectivity index (χ3n) is 5.81. The van der Waals surface area contributed by atoms with Crippen LogP contribution in [0.1, 0.15) is 23.4 Å². The fraction of sp³-hybridized carbons (Fsp3) is 0.550. The Morgan fingerprint density at radius 2 is 1.81 bits per heavy atom. The minimum absolute atomic E-state index is 0. The minimum atomic E-state index is 0. The highest BCUT2D eigenvalue weighted by Gasteiger charge is 2.29. The van der Waals surface area contributed by atoms with Gasteiger partial charge in [0.2, 0.25) is 0 Å². The smallest absolute Gasteiger partial charge is 0.0649 e. The SMILES string of the molecule is Cc1nn(-c2ccc(Cl)cc2)c(C)c1CN1CCC(N2CCNCC2)C1.Cl. The van der Waals surface area contributed by atoms with E-state index in [9.17, 15) is 0 Å². The van der Waals surface area contributed by atoms with E-state index in [0.29, 0.717) is 6.04 Å². The molecule has 0 amide bonds. The van der Waals surface area contributed by atoms with Gasteiger partial charge >= 0.3 is 0 Å². The molecule has 5 nitrogen and oxygen atoms in total. The third-order valence-corrected chi connectivity index (χ3v) is 6.06. The van der Waals surface area contributed by atoms with Gasteiger partial charge in [-0.05, 0) is 44.5 Å². The number of nitrogens with one attached hydrogen (secondary N) is 1. The van der Waals surface area contributed by atoms with E-state index in [1.165, 1.54) is 43.9 Å². The number of hydrogen-bond acceptors (Lipinski definition) is 4. The van der Waals surface area contributed by atoms with E-state index in [-0.39, 0.29) is 12.4 Å². The molecule has 7 heteroatoms. The lowest BCUT2D eigenvalue weighted by molar-refractivity contribution is 0.170. The molecule has 1 atom stereocenters. The molecule has 1 N–H and O–H groups in total. The van der Waals surface area contributed by atoms with Crippen LogP contribution < -0.4 is 5.32 Å². The highest BCUT2D eigenvalue weighted by molar-refractivity contribution is 6.30. The molecule has 0 radical (unpaired) electrons. The predicted octanol–water partition coefficient (Wildman–Crippen LogP) is 3.04. The first-order valence-corrected chi connectivity index (χ1v) is 9.98. The second-order valence-corrected chi connectivity index (χ2v) is 7.94. The van der Waals surface area contributed by atoms with Gasteiger partial charge in [0.1, 0.15) is 0 Å². The lowest BCUT2D eigenvalue weighted by Crippen LogP contribution is -2.49. The summed E-state index contributed by atoms with van der Waals surface area (Å²) in [6.45, 7) is 12.3. The number of benzene rings is 1. The van der Waals surface area contributed by atoms with Crippen LogP contribution in [-0.4, -0.2) is 64.9 Å². The maximum absolute atomic E-state index is 6.02. The van der Waals surface area contributed by atoms with Crippen LogP contribution >= 0.6 is 24.0 Å². The molecule has 0 bridgehead atoms. The lowest BCUT2D eigenvalue weighted by atomic mass is 10.2. The quantitative estimate of drug-likeness (QED) is 0.841. The second-order valence-electron chi connectivity index (χ2n) is 7.50. The molecule has 27 heavy (non-hydrogen) atoms. The van der Waals surface area contributed by atoms with Crippen molar-refractivity contribution in [3.63, 3.8) is 0 Å². The zero-order valence-electron chi connectivity index (χ0n) is 16.1. The van der Waals surface area contributed by atoms with E-state index in [4.69, 9.17) is 16.7 Å². The summed E-state index contributed by atoms with van der Waals surface area (Å²) in [5.74, 6) is 0. The Balaban J connectivity index is 0.00000210. The Hall–Kier alpha value is -1.11. The molecule has 148 valence electrons. The topological polar surface area (TPSA) is 36.3 Å². The van der Waals surface area contributed by atoms with Crippen LogP contribution in [0.3, 0.4) is 0 Å². The third kappa shape index (κ3) is 4.49. The molecule has 0 spiro atoms. The van der Waals surface area contributed by atoms with Crippen LogP contribution in [-0.2, 0) is 6.54 Å². The molecule has 2 aliphatic rings. The van der Waals surface area contributed by atoms with Crippen LogP contribution in [0.4, 0.5) is 0 Å². The van der Waals surface area contributed by atoms with Gasteiger partial charge in [-0.3, -0.25) is 9.80 Å². The van der Waals surface area contributed by atoms with Crippen molar-refractivity contribution in [3.8, 4) is 5.69 Å². The fourth-order valence-electron chi connectivity index (χ4n) is 4.26. The number of likely N-dealkylation sites (tertiary alicyclic amines) is 1. The summed E-state index contributed by atoms with van der Waals surface area (Å²) in [7, 11) is 0. The van der Waals surface area contributed by atoms with Gasteiger partial charge in [0.15, 0.2) is 0 Å². The Morgan fingerprint density at radius 1 is 1.11 bits per heavy atom. The molecule has 2 fully saturated rings. The van der Waals surface area contributed by atoms with Crippen LogP contribution in [0.5, 0.6) is 0 Å². The summed E-state index contributed by atoms with van der Waals surface area (Å²) in [5, 5.41) is 9.00. The molecule has 1 unspecified atom stereocenters. The number of rotatable bonds is 4. The zero-order valence-corrected chi connectivity index (χ0v) is 17.7. The van der Waals surface area contributed by atoms with E-state index in [1.54, 1.807) is 0 Å². The van der Waals surface area contributed by atoms with Crippen molar-refractivity contribution in [2.24, 2.45) is 0 Å². The van der Waals surface area contributed by atoms with E-state index < -0.39 is 0 Å². The van der Waals surface area contributed by atoms with Gasteiger partial charge in [-0.1, -0.05) is 11.6 Å². The molecule has 3 heterocycles. The fourth-order valence-corrected chi connectivity index (χ4v) is 4.39. The summed E-state index contributed by atoms with van der Waals surface area (Å²) >= 11 is 6.02. The van der Waals surface area contributed by atoms with Crippen LogP contribution in [0.2, 0.25) is 5.02 Å². The van der Waals surface area contributed by atoms with Crippen molar-refractivity contribution in [1.29, 1.82) is 0 Å². The first-order valence-electron chi connectivity index (χ1n) is 9.60. The van der Waals surface area contributed by atoms with Crippen molar-refractivity contribution >= 4 is 24.0 Å². The second kappa shape index (κ2) is 8.93. The Labute approximate surface area is 173 Å². The summed E-state index contributed by atoms with van der Waals surface area (Å²) in [4.78, 5) is 5.25. The van der Waals surface area contributed by atoms with Gasteiger partial charge < -0.3 is 5.32 Å². The molecule has 1 aromatic carbocycles. The average Bonchev–Trinajstić information content (AvgIpc) is 3.24. The Bertz CT molecular complexity index is 752. The summed E-state index contributed by atoms with van der Waals surface area (Å²) in [6, 6.07) is 8.62. The minimum Gasteiger partial charge on any atom is -0.314 e. The molecule has 2 saturated heterocycles. The van der Waals surface area contributed by atoms with Gasteiger partial charge in [0, 0.05) is 68.1 Å². The molecular weight excluding hydrogens is 381 g/mol. The maximum Gasteiger partial charge on any atom is 0.0649 e. The average molecular weight is 410 g/mol. The number of hydrogen-bond donors (Lipinski definition) is 1. The van der Waals surface area contributed by atoms with Gasteiger partial charge in [-0.15, -0.1) is 12.4 Å². The van der Waals surface area contributed by atoms with Crippen LogP contribution in [0, 0.1) is 13.8 Å². The Kier molecular flexibility index (Phi) is 6.82. The lowest BCUT2D eigenvalue weighted by Gasteiger charge is -2.32. The summed E-state index contributed by atoms with van der Waals surface area (Å²) in [6.07, 6.45) is 1.28. The standard InChI is InChI=1S/C20H28ClN5.ClH/c1-15-20(16(2)26(23-15)18-5-3-17(21)4-6-18)14-24-10-7-19(13-24)25-11-8-22-9-12-25;/h3-6,19,22H,7-14H2,1-2H3;1H. The monoisotopic (exact) mass is 409 g/mol. The van der Waals surface area contributed by atoms with E-state index in [0.717, 1.165) is 36.0 Å². The number of halogens is 2. The van der Waals surface area contributed by atoms with Crippen molar-refractivity contribution in [2.45, 2.75) is 32.9 Å². The van der Waals surface area contributed by atoms with Gasteiger partial charge in [-0.2, -0.15) is 5.10 Å². The normalized spacial score (nSPS) is 21.4. The largest absolute Gasteiger partial charge is 0.314 e. The number of piperazine rings is 1. The highest BCUT2D eigenvalue weighted by atomic mass is 35.5. The molecule has 1 aromatic heterocycles. The van der Waals surface area contributed by atoms with Crippen molar-refractivity contribution < 1.29 is 0 Å². The van der Waals surface area contributed by atoms with Gasteiger partial charge in [0.25, 0.3) is 0 Å². The first kappa shape index (κ1) is 20.6. The maximum atomic E-state index is 6.02. The molecule has 2 aromatic rings. The molecule has 4 rings (SSSR count). The van der Waals surface area contributed by atoms with Crippen LogP contribution in [0.15, 0.2) is 24.3 Å². The van der Waals surface area contributed by atoms with Crippen molar-refractivity contribution in [2.75, 3.05) is 39.3 Å². The number of aryl methyl sites for hydroxylation is 1. The first-order chi connectivity index (χ1) is 12.6. The van der Waals surface area contributed by atoms with Gasteiger partial charge in [0.05, 0.1) is 11.4 Å². The zero-order chi connectivity index (χ0) is 18.1. The molecule has 2 aliphatic heterocycles. The number of aromatic nitrogens is 2. The van der Waals surface area contributed by atoms with E-state index >= 15 is 0 Å². The Morgan fingerprint density at radius 3 is 2.52 bits per heavy atom. The van der Waals surface area contributed by atoms with Gasteiger partial charge in [-0.25, -0.2) is 4.68 Å². The number of nitrogens with zero attached hydrogens (tertiary/aromatic N) is 4. The van der Waals surface area contributed by atoms with Crippen molar-refractivity contribution in [1.82, 2.24) is 24.9 Å². The van der Waals surface area contributed by atoms with Crippen molar-refractivity contribution in [3.05, 3.63) is 46.2 Å². The summed E-state index contributed by atoms with van der Waals surface area (Å²) in [5.41, 5.74) is 4.79. The predicted molar refractivity (Wildman–Crippen MR) is 113 cm³/mol. The molecule has 0 saturated carbocycles. The molecular formula is C20H29Cl2N5. The van der Waals surface area contributed by atoms with E-state index in [1.807, 2.05) is 28.9 Å². The molecule has 0 aliphatic carbocycles. The summed E-state index contributed by atoms with van der Waals surface area (Å²) < 4.78 is 2.05. The van der Waals surface area contributed by atoms with Crippen LogP contribution in [0.25, 0.3) is 5.69 Å².